The van der Waals surface area contributed by atoms with Gasteiger partial charge < -0.3 is 10.6 Å². The van der Waals surface area contributed by atoms with E-state index in [9.17, 15) is 18.0 Å². The smallest absolute Gasteiger partial charge is 0.256 e. The van der Waals surface area contributed by atoms with Crippen LogP contribution in [0.3, 0.4) is 0 Å². The second-order valence-corrected chi connectivity index (χ2v) is 8.29. The largest absolute Gasteiger partial charge is 0.383 e. The molecule has 1 heterocycles. The standard InChI is InChI=1S/C22H25ClF3N3O/c1-11-8-9-27-13(3)21(11)28-10-14-4-6-15(7-5-14)29-22(30)16-17(23)20(26)19(25)12(2)18(16)24/h8-9,14-15,28H,4-7,10H2,1-3H3,(H,29,30). The molecule has 1 aliphatic rings. The maximum absolute atomic E-state index is 14.3. The number of nitrogens with one attached hydrogen (secondary N) is 2. The molecule has 1 amide bonds. The predicted molar refractivity (Wildman–Crippen MR) is 111 cm³/mol. The molecule has 0 bridgehead atoms. The molecule has 0 radical (unpaired) electrons. The summed E-state index contributed by atoms with van der Waals surface area (Å²) in [6.07, 6.45) is 4.97. The number of rotatable bonds is 5. The summed E-state index contributed by atoms with van der Waals surface area (Å²) < 4.78 is 41.8. The number of amides is 1. The monoisotopic (exact) mass is 439 g/mol. The first-order chi connectivity index (χ1) is 14.2. The van der Waals surface area contributed by atoms with Crippen molar-refractivity contribution in [2.45, 2.75) is 52.5 Å². The zero-order valence-electron chi connectivity index (χ0n) is 17.2. The van der Waals surface area contributed by atoms with Crippen LogP contribution in [-0.4, -0.2) is 23.5 Å². The second-order valence-electron chi connectivity index (χ2n) is 7.92. The summed E-state index contributed by atoms with van der Waals surface area (Å²) in [5.74, 6) is -4.29. The van der Waals surface area contributed by atoms with Crippen molar-refractivity contribution < 1.29 is 18.0 Å². The summed E-state index contributed by atoms with van der Waals surface area (Å²) in [6.45, 7) is 5.88. The third kappa shape index (κ3) is 4.56. The van der Waals surface area contributed by atoms with E-state index in [0.29, 0.717) is 18.8 Å². The van der Waals surface area contributed by atoms with Crippen molar-refractivity contribution in [1.29, 1.82) is 0 Å². The average molecular weight is 440 g/mol. The zero-order valence-corrected chi connectivity index (χ0v) is 18.0. The number of carbonyl (C=O) groups is 1. The van der Waals surface area contributed by atoms with E-state index in [2.05, 4.69) is 15.6 Å². The van der Waals surface area contributed by atoms with Gasteiger partial charge in [-0.15, -0.1) is 0 Å². The van der Waals surface area contributed by atoms with Crippen molar-refractivity contribution in [1.82, 2.24) is 10.3 Å². The molecule has 1 aromatic heterocycles. The van der Waals surface area contributed by atoms with E-state index in [1.54, 1.807) is 6.20 Å². The Balaban J connectivity index is 1.57. The molecule has 0 aliphatic heterocycles. The van der Waals surface area contributed by atoms with Gasteiger partial charge in [-0.05, 0) is 64.0 Å². The number of nitrogens with zero attached hydrogens (tertiary/aromatic N) is 1. The van der Waals surface area contributed by atoms with Crippen molar-refractivity contribution in [3.63, 3.8) is 0 Å². The van der Waals surface area contributed by atoms with E-state index in [1.165, 1.54) is 0 Å². The Bertz CT molecular complexity index is 910. The van der Waals surface area contributed by atoms with Crippen LogP contribution >= 0.6 is 11.6 Å². The van der Waals surface area contributed by atoms with E-state index in [0.717, 1.165) is 43.3 Å². The van der Waals surface area contributed by atoms with Gasteiger partial charge in [0.1, 0.15) is 5.82 Å². The molecule has 2 N–H and O–H groups in total. The quantitative estimate of drug-likeness (QED) is 0.479. The van der Waals surface area contributed by atoms with Gasteiger partial charge in [0.2, 0.25) is 0 Å². The van der Waals surface area contributed by atoms with Crippen molar-refractivity contribution in [3.8, 4) is 0 Å². The van der Waals surface area contributed by atoms with Gasteiger partial charge in [0, 0.05) is 24.3 Å². The first-order valence-electron chi connectivity index (χ1n) is 10.00. The molecule has 0 unspecified atom stereocenters. The summed E-state index contributed by atoms with van der Waals surface area (Å²) in [5.41, 5.74) is 1.95. The zero-order chi connectivity index (χ0) is 22.0. The van der Waals surface area contributed by atoms with Crippen molar-refractivity contribution in [2.75, 3.05) is 11.9 Å². The molecule has 1 saturated carbocycles. The molecule has 3 rings (SSSR count). The van der Waals surface area contributed by atoms with E-state index in [4.69, 9.17) is 11.6 Å². The number of hydrogen-bond donors (Lipinski definition) is 2. The molecule has 0 spiro atoms. The van der Waals surface area contributed by atoms with Crippen molar-refractivity contribution in [2.24, 2.45) is 5.92 Å². The molecule has 30 heavy (non-hydrogen) atoms. The second kappa shape index (κ2) is 9.25. The molecule has 8 heteroatoms. The Morgan fingerprint density at radius 2 is 1.77 bits per heavy atom. The van der Waals surface area contributed by atoms with Crippen molar-refractivity contribution in [3.05, 3.63) is 57.1 Å². The van der Waals surface area contributed by atoms with Gasteiger partial charge in [-0.25, -0.2) is 13.2 Å². The van der Waals surface area contributed by atoms with Crippen LogP contribution in [0, 0.1) is 44.1 Å². The molecule has 162 valence electrons. The third-order valence-electron chi connectivity index (χ3n) is 5.81. The summed E-state index contributed by atoms with van der Waals surface area (Å²) in [4.78, 5) is 16.8. The van der Waals surface area contributed by atoms with Gasteiger partial charge in [0.15, 0.2) is 11.6 Å². The van der Waals surface area contributed by atoms with Gasteiger partial charge >= 0.3 is 0 Å². The summed E-state index contributed by atoms with van der Waals surface area (Å²) in [7, 11) is 0. The van der Waals surface area contributed by atoms with Crippen LogP contribution in [-0.2, 0) is 0 Å². The first kappa shape index (κ1) is 22.4. The van der Waals surface area contributed by atoms with Crippen LogP contribution < -0.4 is 10.6 Å². The fourth-order valence-corrected chi connectivity index (χ4v) is 4.18. The lowest BCUT2D eigenvalue weighted by Gasteiger charge is -2.30. The van der Waals surface area contributed by atoms with Crippen molar-refractivity contribution >= 4 is 23.2 Å². The van der Waals surface area contributed by atoms with Crippen LogP contribution in [0.15, 0.2) is 12.3 Å². The molecular formula is C22H25ClF3N3O. The fraction of sp³-hybridized carbons (Fsp3) is 0.455. The van der Waals surface area contributed by atoms with Gasteiger partial charge in [-0.2, -0.15) is 0 Å². The molecular weight excluding hydrogens is 415 g/mol. The topological polar surface area (TPSA) is 54.0 Å². The molecule has 1 aliphatic carbocycles. The van der Waals surface area contributed by atoms with Gasteiger partial charge in [-0.3, -0.25) is 9.78 Å². The van der Waals surface area contributed by atoms with Gasteiger partial charge in [-0.1, -0.05) is 11.6 Å². The minimum absolute atomic E-state index is 0.167. The van der Waals surface area contributed by atoms with Crippen LogP contribution in [0.5, 0.6) is 0 Å². The number of benzene rings is 1. The van der Waals surface area contributed by atoms with Crippen LogP contribution in [0.1, 0.15) is 52.9 Å². The summed E-state index contributed by atoms with van der Waals surface area (Å²) in [6, 6.07) is 1.80. The SMILES string of the molecule is Cc1ccnc(C)c1NCC1CCC(NC(=O)c2c(F)c(C)c(F)c(F)c2Cl)CC1. The minimum atomic E-state index is -1.41. The Kier molecular flexibility index (Phi) is 6.91. The summed E-state index contributed by atoms with van der Waals surface area (Å²) in [5, 5.41) is 5.37. The fourth-order valence-electron chi connectivity index (χ4n) is 3.93. The highest BCUT2D eigenvalue weighted by molar-refractivity contribution is 6.34. The lowest BCUT2D eigenvalue weighted by molar-refractivity contribution is 0.0918. The highest BCUT2D eigenvalue weighted by Gasteiger charge is 2.29. The number of halogens is 4. The number of aryl methyl sites for hydroxylation is 2. The third-order valence-corrected chi connectivity index (χ3v) is 6.16. The Morgan fingerprint density at radius 1 is 1.10 bits per heavy atom. The molecule has 1 fully saturated rings. The maximum atomic E-state index is 14.3. The van der Waals surface area contributed by atoms with Gasteiger partial charge in [0.25, 0.3) is 5.91 Å². The minimum Gasteiger partial charge on any atom is -0.383 e. The lowest BCUT2D eigenvalue weighted by atomic mass is 9.85. The lowest BCUT2D eigenvalue weighted by Crippen LogP contribution is -2.39. The number of anilines is 1. The normalized spacial score (nSPS) is 18.9. The average Bonchev–Trinajstić information content (AvgIpc) is 2.72. The number of carbonyl (C=O) groups excluding carboxylic acids is 1. The predicted octanol–water partition coefficient (Wildman–Crippen LogP) is 5.48. The number of pyridine rings is 1. The molecule has 2 aromatic rings. The van der Waals surface area contributed by atoms with E-state index >= 15 is 0 Å². The van der Waals surface area contributed by atoms with Crippen LogP contribution in [0.4, 0.5) is 18.9 Å². The molecule has 1 aromatic carbocycles. The number of hydrogen-bond acceptors (Lipinski definition) is 3. The van der Waals surface area contributed by atoms with Gasteiger partial charge in [0.05, 0.1) is 22.0 Å². The Labute approximate surface area is 179 Å². The van der Waals surface area contributed by atoms with Crippen LogP contribution in [0.2, 0.25) is 5.02 Å². The maximum Gasteiger partial charge on any atom is 0.256 e. The van der Waals surface area contributed by atoms with E-state index in [1.807, 2.05) is 19.9 Å². The molecule has 0 atom stereocenters. The molecule has 0 saturated heterocycles. The highest BCUT2D eigenvalue weighted by atomic mass is 35.5. The molecule has 4 nitrogen and oxygen atoms in total. The van der Waals surface area contributed by atoms with E-state index in [-0.39, 0.29) is 6.04 Å². The van der Waals surface area contributed by atoms with E-state index < -0.39 is 39.5 Å². The van der Waals surface area contributed by atoms with Crippen LogP contribution in [0.25, 0.3) is 0 Å². The Hall–Kier alpha value is -2.28. The Morgan fingerprint density at radius 3 is 2.40 bits per heavy atom. The summed E-state index contributed by atoms with van der Waals surface area (Å²) >= 11 is 5.71. The highest BCUT2D eigenvalue weighted by Crippen LogP contribution is 2.30. The first-order valence-corrected chi connectivity index (χ1v) is 10.4. The number of aromatic nitrogens is 1.